The number of halogens is 1. The van der Waals surface area contributed by atoms with Crippen LogP contribution in [0.25, 0.3) is 0 Å². The molecule has 0 aliphatic heterocycles. The monoisotopic (exact) mass is 250 g/mol. The quantitative estimate of drug-likeness (QED) is 0.329. The van der Waals surface area contributed by atoms with E-state index in [9.17, 15) is 10.1 Å². The van der Waals surface area contributed by atoms with Crippen molar-refractivity contribution in [3.8, 4) is 0 Å². The van der Waals surface area contributed by atoms with Crippen LogP contribution in [0.15, 0.2) is 18.3 Å². The fourth-order valence-electron chi connectivity index (χ4n) is 0.506. The van der Waals surface area contributed by atoms with Crippen LogP contribution in [0, 0.1) is 13.8 Å². The number of nitro groups is 1. The third-order valence-electron chi connectivity index (χ3n) is 0.921. The molecule has 1 rings (SSSR count). The Labute approximate surface area is 70.6 Å². The van der Waals surface area contributed by atoms with Gasteiger partial charge in [0.25, 0.3) is 5.69 Å². The second kappa shape index (κ2) is 2.91. The van der Waals surface area contributed by atoms with Gasteiger partial charge in [0.05, 0.1) is 4.92 Å². The molecule has 0 aromatic carbocycles. The van der Waals surface area contributed by atoms with E-state index in [4.69, 9.17) is 0 Å². The minimum absolute atomic E-state index is 0.0828. The molecule has 0 saturated heterocycles. The van der Waals surface area contributed by atoms with Gasteiger partial charge in [0.1, 0.15) is 3.70 Å². The third-order valence-corrected chi connectivity index (χ3v) is 1.51. The van der Waals surface area contributed by atoms with E-state index in [0.717, 1.165) is 0 Å². The van der Waals surface area contributed by atoms with Gasteiger partial charge in [-0.3, -0.25) is 10.1 Å². The Morgan fingerprint density at radius 1 is 1.70 bits per heavy atom. The summed E-state index contributed by atoms with van der Waals surface area (Å²) in [5.74, 6) is 0. The van der Waals surface area contributed by atoms with E-state index in [1.807, 2.05) is 22.6 Å². The maximum Gasteiger partial charge on any atom is 0.273 e. The zero-order valence-electron chi connectivity index (χ0n) is 4.82. The van der Waals surface area contributed by atoms with Crippen LogP contribution >= 0.6 is 22.6 Å². The molecule has 1 aromatic rings. The van der Waals surface area contributed by atoms with Crippen LogP contribution in [-0.4, -0.2) is 9.91 Å². The van der Waals surface area contributed by atoms with Gasteiger partial charge < -0.3 is 0 Å². The van der Waals surface area contributed by atoms with Gasteiger partial charge in [0, 0.05) is 18.3 Å². The maximum atomic E-state index is 10.1. The molecular weight excluding hydrogens is 247 g/mol. The standard InChI is InChI=1S/C5H3IN2O2/c6-5-3-4(8(9)10)1-2-7-5/h1-3H. The summed E-state index contributed by atoms with van der Waals surface area (Å²) in [7, 11) is 0. The minimum atomic E-state index is -0.441. The number of hydrogen-bond acceptors (Lipinski definition) is 3. The van der Waals surface area contributed by atoms with Crippen molar-refractivity contribution >= 4 is 28.3 Å². The first-order valence-electron chi connectivity index (χ1n) is 2.46. The summed E-state index contributed by atoms with van der Waals surface area (Å²) in [6, 6.07) is 2.78. The van der Waals surface area contributed by atoms with Crippen LogP contribution in [0.1, 0.15) is 0 Å². The van der Waals surface area contributed by atoms with Crippen molar-refractivity contribution < 1.29 is 4.92 Å². The van der Waals surface area contributed by atoms with Gasteiger partial charge >= 0.3 is 0 Å². The summed E-state index contributed by atoms with van der Waals surface area (Å²) in [5, 5.41) is 10.1. The molecule has 0 aliphatic rings. The van der Waals surface area contributed by atoms with Gasteiger partial charge in [-0.1, -0.05) is 0 Å². The van der Waals surface area contributed by atoms with E-state index in [0.29, 0.717) is 3.70 Å². The van der Waals surface area contributed by atoms with Crippen molar-refractivity contribution in [2.75, 3.05) is 0 Å². The number of pyridine rings is 1. The molecule has 0 N–H and O–H groups in total. The van der Waals surface area contributed by atoms with Crippen LogP contribution in [0.5, 0.6) is 0 Å². The molecule has 0 bridgehead atoms. The van der Waals surface area contributed by atoms with E-state index in [2.05, 4.69) is 4.98 Å². The Morgan fingerprint density at radius 3 is 2.80 bits per heavy atom. The predicted molar refractivity (Wildman–Crippen MR) is 43.6 cm³/mol. The molecule has 5 heteroatoms. The van der Waals surface area contributed by atoms with Crippen LogP contribution in [0.3, 0.4) is 0 Å². The summed E-state index contributed by atoms with van der Waals surface area (Å²) < 4.78 is 0.631. The molecule has 0 atom stereocenters. The second-order valence-electron chi connectivity index (χ2n) is 1.59. The van der Waals surface area contributed by atoms with Gasteiger partial charge in [-0.25, -0.2) is 4.98 Å². The first-order valence-corrected chi connectivity index (χ1v) is 3.54. The molecule has 1 aromatic heterocycles. The highest BCUT2D eigenvalue weighted by Crippen LogP contribution is 2.11. The van der Waals surface area contributed by atoms with Crippen LogP contribution in [-0.2, 0) is 0 Å². The molecule has 52 valence electrons. The lowest BCUT2D eigenvalue weighted by molar-refractivity contribution is -0.385. The molecule has 0 saturated carbocycles. The number of rotatable bonds is 1. The Morgan fingerprint density at radius 2 is 2.40 bits per heavy atom. The summed E-state index contributed by atoms with van der Waals surface area (Å²) in [4.78, 5) is 13.5. The first kappa shape index (κ1) is 7.39. The topological polar surface area (TPSA) is 56.0 Å². The fraction of sp³-hybridized carbons (Fsp3) is 0. The molecule has 0 unspecified atom stereocenters. The van der Waals surface area contributed by atoms with E-state index in [1.165, 1.54) is 18.3 Å². The predicted octanol–water partition coefficient (Wildman–Crippen LogP) is 1.59. The van der Waals surface area contributed by atoms with E-state index in [1.54, 1.807) is 0 Å². The van der Waals surface area contributed by atoms with E-state index < -0.39 is 4.92 Å². The zero-order chi connectivity index (χ0) is 7.56. The Kier molecular flexibility index (Phi) is 2.15. The average molecular weight is 250 g/mol. The van der Waals surface area contributed by atoms with E-state index in [-0.39, 0.29) is 5.69 Å². The Hall–Kier alpha value is -0.720. The van der Waals surface area contributed by atoms with Gasteiger partial charge in [0.2, 0.25) is 0 Å². The van der Waals surface area contributed by atoms with Crippen LogP contribution in [0.2, 0.25) is 0 Å². The van der Waals surface area contributed by atoms with Crippen molar-refractivity contribution in [2.24, 2.45) is 0 Å². The highest BCUT2D eigenvalue weighted by atomic mass is 127. The molecule has 1 heterocycles. The third kappa shape index (κ3) is 1.63. The number of aromatic nitrogens is 1. The minimum Gasteiger partial charge on any atom is -0.258 e. The second-order valence-corrected chi connectivity index (χ2v) is 2.70. The maximum absolute atomic E-state index is 10.1. The van der Waals surface area contributed by atoms with Gasteiger partial charge in [-0.05, 0) is 22.6 Å². The SMILES string of the molecule is O=[N+]([O-])c1ccnc(I)c1. The highest BCUT2D eigenvalue weighted by Gasteiger charge is 2.03. The lowest BCUT2D eigenvalue weighted by Gasteiger charge is -1.88. The normalized spacial score (nSPS) is 9.30. The average Bonchev–Trinajstić information content (AvgIpc) is 1.88. The van der Waals surface area contributed by atoms with E-state index >= 15 is 0 Å². The Balaban J connectivity index is 3.07. The van der Waals surface area contributed by atoms with Gasteiger partial charge in [-0.2, -0.15) is 0 Å². The summed E-state index contributed by atoms with van der Waals surface area (Å²) in [6.07, 6.45) is 1.42. The molecule has 4 nitrogen and oxygen atoms in total. The number of nitrogens with zero attached hydrogens (tertiary/aromatic N) is 2. The lowest BCUT2D eigenvalue weighted by atomic mass is 10.4. The first-order chi connectivity index (χ1) is 4.70. The highest BCUT2D eigenvalue weighted by molar-refractivity contribution is 14.1. The summed E-state index contributed by atoms with van der Waals surface area (Å²) >= 11 is 1.92. The van der Waals surface area contributed by atoms with Crippen molar-refractivity contribution in [3.05, 3.63) is 32.1 Å². The molecular formula is C5H3IN2O2. The summed E-state index contributed by atoms with van der Waals surface area (Å²) in [6.45, 7) is 0. The zero-order valence-corrected chi connectivity index (χ0v) is 6.98. The molecule has 10 heavy (non-hydrogen) atoms. The van der Waals surface area contributed by atoms with Crippen molar-refractivity contribution in [3.63, 3.8) is 0 Å². The largest absolute Gasteiger partial charge is 0.273 e. The fourth-order valence-corrected chi connectivity index (χ4v) is 0.986. The smallest absolute Gasteiger partial charge is 0.258 e. The molecule has 0 radical (unpaired) electrons. The van der Waals surface area contributed by atoms with Gasteiger partial charge in [0.15, 0.2) is 0 Å². The van der Waals surface area contributed by atoms with Gasteiger partial charge in [-0.15, -0.1) is 0 Å². The van der Waals surface area contributed by atoms with Crippen molar-refractivity contribution in [1.29, 1.82) is 0 Å². The molecule has 0 amide bonds. The molecule has 0 aliphatic carbocycles. The van der Waals surface area contributed by atoms with Crippen LogP contribution in [0.4, 0.5) is 5.69 Å². The van der Waals surface area contributed by atoms with Crippen molar-refractivity contribution in [2.45, 2.75) is 0 Å². The van der Waals surface area contributed by atoms with Crippen LogP contribution < -0.4 is 0 Å². The number of hydrogen-bond donors (Lipinski definition) is 0. The molecule has 0 fully saturated rings. The molecule has 0 spiro atoms. The summed E-state index contributed by atoms with van der Waals surface area (Å²) in [5.41, 5.74) is 0.0828. The van der Waals surface area contributed by atoms with Crippen molar-refractivity contribution in [1.82, 2.24) is 4.98 Å². The lowest BCUT2D eigenvalue weighted by Crippen LogP contribution is -1.88. The Bertz CT molecular complexity index is 264.